The molecule has 0 bridgehead atoms. The second-order valence-corrected chi connectivity index (χ2v) is 7.13. The first-order valence-corrected chi connectivity index (χ1v) is 8.24. The van der Waals surface area contributed by atoms with Gasteiger partial charge in [-0.25, -0.2) is 13.6 Å². The van der Waals surface area contributed by atoms with Crippen LogP contribution in [0.2, 0.25) is 5.02 Å². The maximum Gasteiger partial charge on any atom is 0.416 e. The van der Waals surface area contributed by atoms with E-state index in [1.54, 1.807) is 0 Å². The molecule has 1 atom stereocenters. The van der Waals surface area contributed by atoms with Crippen molar-refractivity contribution in [2.24, 2.45) is 11.1 Å². The third-order valence-corrected chi connectivity index (χ3v) is 4.48. The van der Waals surface area contributed by atoms with Gasteiger partial charge in [-0.2, -0.15) is 13.2 Å². The van der Waals surface area contributed by atoms with E-state index in [1.807, 2.05) is 0 Å². The standard InChI is InChI=1S/C12H12ClF3N2O3S/c13-9-4-8(12(14,15)16)1-2-10(9)18-5-7(3-11(18)19)6-22(17,20)21/h1-2,4,7H,3,5-6H2,(H2,17,20,21). The summed E-state index contributed by atoms with van der Waals surface area (Å²) in [7, 11) is -3.73. The van der Waals surface area contributed by atoms with Gasteiger partial charge in [0.05, 0.1) is 22.0 Å². The summed E-state index contributed by atoms with van der Waals surface area (Å²) in [5.74, 6) is -1.29. The van der Waals surface area contributed by atoms with Crippen molar-refractivity contribution in [3.63, 3.8) is 0 Å². The summed E-state index contributed by atoms with van der Waals surface area (Å²) in [5, 5.41) is 4.71. The molecule has 0 aromatic heterocycles. The summed E-state index contributed by atoms with van der Waals surface area (Å²) >= 11 is 5.82. The Morgan fingerprint density at radius 2 is 2.00 bits per heavy atom. The van der Waals surface area contributed by atoms with Gasteiger partial charge in [0.2, 0.25) is 15.9 Å². The van der Waals surface area contributed by atoms with Gasteiger partial charge >= 0.3 is 6.18 Å². The average molecular weight is 357 g/mol. The molecule has 0 aliphatic carbocycles. The highest BCUT2D eigenvalue weighted by molar-refractivity contribution is 7.89. The van der Waals surface area contributed by atoms with Crippen LogP contribution in [0.25, 0.3) is 0 Å². The van der Waals surface area contributed by atoms with E-state index in [1.165, 1.54) is 4.90 Å². The first-order valence-electron chi connectivity index (χ1n) is 6.15. The van der Waals surface area contributed by atoms with Crippen LogP contribution in [0.3, 0.4) is 0 Å². The molecule has 1 fully saturated rings. The number of primary sulfonamides is 1. The number of anilines is 1. The fraction of sp³-hybridized carbons (Fsp3) is 0.417. The van der Waals surface area contributed by atoms with Gasteiger partial charge in [0.25, 0.3) is 0 Å². The first kappa shape index (κ1) is 17.0. The molecule has 1 amide bonds. The molecule has 1 aliphatic heterocycles. The predicted molar refractivity (Wildman–Crippen MR) is 74.9 cm³/mol. The Kier molecular flexibility index (Phi) is 4.42. The molecule has 1 saturated heterocycles. The SMILES string of the molecule is NS(=O)(=O)CC1CC(=O)N(c2ccc(C(F)(F)F)cc2Cl)C1. The second kappa shape index (κ2) is 5.71. The van der Waals surface area contributed by atoms with Crippen LogP contribution < -0.4 is 10.0 Å². The van der Waals surface area contributed by atoms with Crippen molar-refractivity contribution >= 4 is 33.2 Å². The molecule has 1 unspecified atom stereocenters. The molecule has 10 heteroatoms. The number of carbonyl (C=O) groups is 1. The summed E-state index contributed by atoms with van der Waals surface area (Å²) in [6.45, 7) is 0.0420. The minimum atomic E-state index is -4.53. The number of sulfonamides is 1. The fourth-order valence-electron chi connectivity index (χ4n) is 2.36. The maximum absolute atomic E-state index is 12.6. The van der Waals surface area contributed by atoms with Crippen molar-refractivity contribution in [2.45, 2.75) is 12.6 Å². The number of nitrogens with zero attached hydrogens (tertiary/aromatic N) is 1. The molecule has 122 valence electrons. The molecular formula is C12H12ClF3N2O3S. The minimum absolute atomic E-state index is 0.0420. The van der Waals surface area contributed by atoms with Crippen LogP contribution in [-0.4, -0.2) is 26.6 Å². The van der Waals surface area contributed by atoms with Crippen molar-refractivity contribution in [3.8, 4) is 0 Å². The highest BCUT2D eigenvalue weighted by Gasteiger charge is 2.35. The van der Waals surface area contributed by atoms with Crippen molar-refractivity contribution in [2.75, 3.05) is 17.2 Å². The number of hydrogen-bond donors (Lipinski definition) is 1. The molecule has 1 aliphatic rings. The highest BCUT2D eigenvalue weighted by Crippen LogP contribution is 2.37. The van der Waals surface area contributed by atoms with Crippen LogP contribution in [-0.2, 0) is 21.0 Å². The molecule has 0 radical (unpaired) electrons. The number of halogens is 4. The molecule has 1 aromatic rings. The average Bonchev–Trinajstić information content (AvgIpc) is 2.66. The van der Waals surface area contributed by atoms with Crippen LogP contribution in [0.5, 0.6) is 0 Å². The van der Waals surface area contributed by atoms with Crippen molar-refractivity contribution in [1.82, 2.24) is 0 Å². The summed E-state index contributed by atoms with van der Waals surface area (Å²) in [5.41, 5.74) is -0.800. The summed E-state index contributed by atoms with van der Waals surface area (Å²) < 4.78 is 59.9. The van der Waals surface area contributed by atoms with E-state index in [4.69, 9.17) is 16.7 Å². The van der Waals surface area contributed by atoms with Gasteiger partial charge in [-0.3, -0.25) is 4.79 Å². The number of hydrogen-bond acceptors (Lipinski definition) is 3. The van der Waals surface area contributed by atoms with E-state index in [2.05, 4.69) is 0 Å². The van der Waals surface area contributed by atoms with Crippen LogP contribution in [0.4, 0.5) is 18.9 Å². The lowest BCUT2D eigenvalue weighted by Gasteiger charge is -2.19. The normalized spacial score (nSPS) is 19.8. The number of rotatable bonds is 3. The maximum atomic E-state index is 12.6. The third kappa shape index (κ3) is 3.90. The van der Waals surface area contributed by atoms with E-state index in [0.717, 1.165) is 18.2 Å². The summed E-state index contributed by atoms with van der Waals surface area (Å²) in [6, 6.07) is 2.65. The lowest BCUT2D eigenvalue weighted by atomic mass is 10.1. The lowest BCUT2D eigenvalue weighted by molar-refractivity contribution is -0.137. The number of benzene rings is 1. The van der Waals surface area contributed by atoms with Gasteiger partial charge < -0.3 is 4.90 Å². The van der Waals surface area contributed by atoms with Gasteiger partial charge in [-0.1, -0.05) is 11.6 Å². The smallest absolute Gasteiger partial charge is 0.311 e. The van der Waals surface area contributed by atoms with E-state index < -0.39 is 33.6 Å². The largest absolute Gasteiger partial charge is 0.416 e. The van der Waals surface area contributed by atoms with Gasteiger partial charge in [0.1, 0.15) is 0 Å². The second-order valence-electron chi connectivity index (χ2n) is 5.07. The topological polar surface area (TPSA) is 80.5 Å². The lowest BCUT2D eigenvalue weighted by Crippen LogP contribution is -2.27. The van der Waals surface area contributed by atoms with Crippen LogP contribution in [0.15, 0.2) is 18.2 Å². The predicted octanol–water partition coefficient (Wildman–Crippen LogP) is 2.00. The molecule has 1 aromatic carbocycles. The number of alkyl halides is 3. The fourth-order valence-corrected chi connectivity index (χ4v) is 3.52. The van der Waals surface area contributed by atoms with Gasteiger partial charge in [-0.15, -0.1) is 0 Å². The van der Waals surface area contributed by atoms with Crippen LogP contribution in [0.1, 0.15) is 12.0 Å². The van der Waals surface area contributed by atoms with E-state index >= 15 is 0 Å². The third-order valence-electron chi connectivity index (χ3n) is 3.24. The Balaban J connectivity index is 2.24. The molecule has 2 rings (SSSR count). The molecule has 1 heterocycles. The molecule has 5 nitrogen and oxygen atoms in total. The van der Waals surface area contributed by atoms with Crippen LogP contribution in [0, 0.1) is 5.92 Å². The zero-order valence-corrected chi connectivity index (χ0v) is 12.7. The van der Waals surface area contributed by atoms with E-state index in [9.17, 15) is 26.4 Å². The Bertz CT molecular complexity index is 706. The van der Waals surface area contributed by atoms with Crippen LogP contribution >= 0.6 is 11.6 Å². The van der Waals surface area contributed by atoms with E-state index in [-0.39, 0.29) is 29.4 Å². The Hall–Kier alpha value is -1.32. The molecule has 0 spiro atoms. The zero-order valence-electron chi connectivity index (χ0n) is 11.1. The monoisotopic (exact) mass is 356 g/mol. The first-order chi connectivity index (χ1) is 9.97. The zero-order chi connectivity index (χ0) is 16.7. The quantitative estimate of drug-likeness (QED) is 0.899. The number of amides is 1. The Morgan fingerprint density at radius 3 is 2.50 bits per heavy atom. The van der Waals surface area contributed by atoms with Crippen molar-refractivity contribution in [3.05, 3.63) is 28.8 Å². The highest BCUT2D eigenvalue weighted by atomic mass is 35.5. The van der Waals surface area contributed by atoms with Crippen molar-refractivity contribution in [1.29, 1.82) is 0 Å². The molecular weight excluding hydrogens is 345 g/mol. The minimum Gasteiger partial charge on any atom is -0.311 e. The molecule has 22 heavy (non-hydrogen) atoms. The van der Waals surface area contributed by atoms with Gasteiger partial charge in [0.15, 0.2) is 0 Å². The molecule has 0 saturated carbocycles. The van der Waals surface area contributed by atoms with Gasteiger partial charge in [0, 0.05) is 18.9 Å². The number of carbonyl (C=O) groups excluding carboxylic acids is 1. The summed E-state index contributed by atoms with van der Waals surface area (Å²) in [6.07, 6.45) is -4.58. The summed E-state index contributed by atoms with van der Waals surface area (Å²) in [4.78, 5) is 13.1. The van der Waals surface area contributed by atoms with Gasteiger partial charge in [-0.05, 0) is 18.2 Å². The Labute approximate surface area is 129 Å². The van der Waals surface area contributed by atoms with E-state index in [0.29, 0.717) is 0 Å². The Morgan fingerprint density at radius 1 is 1.36 bits per heavy atom. The van der Waals surface area contributed by atoms with Crippen molar-refractivity contribution < 1.29 is 26.4 Å². The number of nitrogens with two attached hydrogens (primary N) is 1. The molecule has 2 N–H and O–H groups in total.